The van der Waals surface area contributed by atoms with Gasteiger partial charge in [-0.25, -0.2) is 0 Å². The lowest BCUT2D eigenvalue weighted by molar-refractivity contribution is 0.124. The SMILES string of the molecule is C=C(CC(C)(C)C)N1CCN(C(C)C)CC1. The molecule has 0 unspecified atom stereocenters. The molecule has 1 aliphatic rings. The van der Waals surface area contributed by atoms with Crippen molar-refractivity contribution in [3.8, 4) is 0 Å². The van der Waals surface area contributed by atoms with Gasteiger partial charge < -0.3 is 4.90 Å². The minimum absolute atomic E-state index is 0.353. The highest BCUT2D eigenvalue weighted by Crippen LogP contribution is 2.25. The lowest BCUT2D eigenvalue weighted by Crippen LogP contribution is -2.48. The number of rotatable bonds is 3. The van der Waals surface area contributed by atoms with Crippen LogP contribution in [0.1, 0.15) is 41.0 Å². The topological polar surface area (TPSA) is 6.48 Å². The van der Waals surface area contributed by atoms with Crippen LogP contribution in [0.25, 0.3) is 0 Å². The molecule has 0 atom stereocenters. The fourth-order valence-electron chi connectivity index (χ4n) is 2.28. The summed E-state index contributed by atoms with van der Waals surface area (Å²) < 4.78 is 0. The third kappa shape index (κ3) is 4.17. The fourth-order valence-corrected chi connectivity index (χ4v) is 2.28. The van der Waals surface area contributed by atoms with Crippen LogP contribution in [0.5, 0.6) is 0 Å². The average molecular weight is 224 g/mol. The van der Waals surface area contributed by atoms with Crippen LogP contribution < -0.4 is 0 Å². The van der Waals surface area contributed by atoms with Crippen molar-refractivity contribution in [2.45, 2.75) is 47.1 Å². The first-order valence-electron chi connectivity index (χ1n) is 6.46. The molecule has 0 saturated carbocycles. The molecule has 94 valence electrons. The fraction of sp³-hybridized carbons (Fsp3) is 0.857. The molecule has 0 radical (unpaired) electrons. The zero-order chi connectivity index (χ0) is 12.3. The third-order valence-electron chi connectivity index (χ3n) is 3.23. The Morgan fingerprint density at radius 3 is 2.00 bits per heavy atom. The smallest absolute Gasteiger partial charge is 0.0303 e. The molecule has 1 aliphatic heterocycles. The second-order valence-electron chi connectivity index (χ2n) is 6.42. The molecule has 0 aromatic rings. The molecule has 1 heterocycles. The predicted octanol–water partition coefficient (Wildman–Crippen LogP) is 2.96. The van der Waals surface area contributed by atoms with Gasteiger partial charge in [0.25, 0.3) is 0 Å². The van der Waals surface area contributed by atoms with E-state index in [0.717, 1.165) is 19.5 Å². The molecule has 16 heavy (non-hydrogen) atoms. The quantitative estimate of drug-likeness (QED) is 0.727. The lowest BCUT2D eigenvalue weighted by Gasteiger charge is -2.40. The first-order chi connectivity index (χ1) is 7.29. The molecular weight excluding hydrogens is 196 g/mol. The van der Waals surface area contributed by atoms with Crippen LogP contribution in [0.15, 0.2) is 12.3 Å². The van der Waals surface area contributed by atoms with Gasteiger partial charge in [-0.1, -0.05) is 27.4 Å². The van der Waals surface area contributed by atoms with Gasteiger partial charge in [0.1, 0.15) is 0 Å². The standard InChI is InChI=1S/C14H28N2/c1-12(2)15-7-9-16(10-8-15)13(3)11-14(4,5)6/h12H,3,7-11H2,1-2,4-6H3. The van der Waals surface area contributed by atoms with E-state index in [-0.39, 0.29) is 0 Å². The number of piperazine rings is 1. The highest BCUT2D eigenvalue weighted by molar-refractivity contribution is 4.99. The Kier molecular flexibility index (Phi) is 4.43. The summed E-state index contributed by atoms with van der Waals surface area (Å²) >= 11 is 0. The number of hydrogen-bond donors (Lipinski definition) is 0. The van der Waals surface area contributed by atoms with Crippen LogP contribution in [0.3, 0.4) is 0 Å². The van der Waals surface area contributed by atoms with E-state index in [0.29, 0.717) is 11.5 Å². The van der Waals surface area contributed by atoms with Crippen molar-refractivity contribution in [3.05, 3.63) is 12.3 Å². The molecule has 1 rings (SSSR count). The molecule has 0 aromatic heterocycles. The second-order valence-corrected chi connectivity index (χ2v) is 6.42. The highest BCUT2D eigenvalue weighted by atomic mass is 15.3. The number of allylic oxidation sites excluding steroid dienone is 1. The maximum Gasteiger partial charge on any atom is 0.0303 e. The van der Waals surface area contributed by atoms with Gasteiger partial charge >= 0.3 is 0 Å². The summed E-state index contributed by atoms with van der Waals surface area (Å²) in [4.78, 5) is 5.00. The van der Waals surface area contributed by atoms with E-state index < -0.39 is 0 Å². The van der Waals surface area contributed by atoms with E-state index in [1.54, 1.807) is 0 Å². The van der Waals surface area contributed by atoms with E-state index in [9.17, 15) is 0 Å². The summed E-state index contributed by atoms with van der Waals surface area (Å²) in [5, 5.41) is 0. The Labute approximate surface area is 101 Å². The molecule has 0 bridgehead atoms. The van der Waals surface area contributed by atoms with Crippen LogP contribution in [-0.2, 0) is 0 Å². The summed E-state index contributed by atoms with van der Waals surface area (Å²) in [7, 11) is 0. The minimum Gasteiger partial charge on any atom is -0.373 e. The molecule has 0 aliphatic carbocycles. The molecule has 0 N–H and O–H groups in total. The third-order valence-corrected chi connectivity index (χ3v) is 3.23. The normalized spacial score (nSPS) is 19.2. The Bertz CT molecular complexity index is 230. The van der Waals surface area contributed by atoms with Crippen molar-refractivity contribution >= 4 is 0 Å². The van der Waals surface area contributed by atoms with Gasteiger partial charge in [0, 0.05) is 37.9 Å². The van der Waals surface area contributed by atoms with Gasteiger partial charge in [0.05, 0.1) is 0 Å². The monoisotopic (exact) mass is 224 g/mol. The zero-order valence-electron chi connectivity index (χ0n) is 11.7. The Morgan fingerprint density at radius 2 is 1.62 bits per heavy atom. The molecule has 0 amide bonds. The van der Waals surface area contributed by atoms with Gasteiger partial charge in [0.2, 0.25) is 0 Å². The van der Waals surface area contributed by atoms with Crippen molar-refractivity contribution in [3.63, 3.8) is 0 Å². The molecular formula is C14H28N2. The van der Waals surface area contributed by atoms with E-state index in [4.69, 9.17) is 0 Å². The largest absolute Gasteiger partial charge is 0.373 e. The lowest BCUT2D eigenvalue weighted by atomic mass is 9.90. The van der Waals surface area contributed by atoms with Gasteiger partial charge in [-0.05, 0) is 25.7 Å². The van der Waals surface area contributed by atoms with Crippen LogP contribution >= 0.6 is 0 Å². The Morgan fingerprint density at radius 1 is 1.12 bits per heavy atom. The summed E-state index contributed by atoms with van der Waals surface area (Å²) in [6, 6.07) is 0.679. The van der Waals surface area contributed by atoms with Crippen LogP contribution in [-0.4, -0.2) is 42.0 Å². The number of nitrogens with zero attached hydrogens (tertiary/aromatic N) is 2. The Balaban J connectivity index is 2.39. The highest BCUT2D eigenvalue weighted by Gasteiger charge is 2.21. The molecule has 0 aromatic carbocycles. The van der Waals surface area contributed by atoms with Crippen molar-refractivity contribution < 1.29 is 0 Å². The summed E-state index contributed by atoms with van der Waals surface area (Å²) in [5.41, 5.74) is 1.67. The summed E-state index contributed by atoms with van der Waals surface area (Å²) in [6.07, 6.45) is 1.11. The first-order valence-corrected chi connectivity index (χ1v) is 6.46. The van der Waals surface area contributed by atoms with Crippen LogP contribution in [0.2, 0.25) is 0 Å². The van der Waals surface area contributed by atoms with Crippen molar-refractivity contribution in [1.82, 2.24) is 9.80 Å². The van der Waals surface area contributed by atoms with Crippen molar-refractivity contribution in [2.24, 2.45) is 5.41 Å². The van der Waals surface area contributed by atoms with Gasteiger partial charge in [-0.15, -0.1) is 0 Å². The van der Waals surface area contributed by atoms with E-state index >= 15 is 0 Å². The molecule has 2 heteroatoms. The van der Waals surface area contributed by atoms with Gasteiger partial charge in [-0.3, -0.25) is 4.90 Å². The average Bonchev–Trinajstić information content (AvgIpc) is 2.15. The molecule has 1 saturated heterocycles. The number of hydrogen-bond acceptors (Lipinski definition) is 2. The van der Waals surface area contributed by atoms with Crippen LogP contribution in [0.4, 0.5) is 0 Å². The molecule has 2 nitrogen and oxygen atoms in total. The molecule has 0 spiro atoms. The van der Waals surface area contributed by atoms with Crippen LogP contribution in [0, 0.1) is 5.41 Å². The predicted molar refractivity (Wildman–Crippen MR) is 71.5 cm³/mol. The Hall–Kier alpha value is -0.500. The zero-order valence-corrected chi connectivity index (χ0v) is 11.7. The minimum atomic E-state index is 0.353. The van der Waals surface area contributed by atoms with Gasteiger partial charge in [0.15, 0.2) is 0 Å². The summed E-state index contributed by atoms with van der Waals surface area (Å²) in [6.45, 7) is 20.3. The van der Waals surface area contributed by atoms with Crippen molar-refractivity contribution in [2.75, 3.05) is 26.2 Å². The van der Waals surface area contributed by atoms with E-state index in [1.165, 1.54) is 18.8 Å². The van der Waals surface area contributed by atoms with Crippen molar-refractivity contribution in [1.29, 1.82) is 0 Å². The molecule has 1 fully saturated rings. The summed E-state index contributed by atoms with van der Waals surface area (Å²) in [5.74, 6) is 0. The second kappa shape index (κ2) is 5.22. The van der Waals surface area contributed by atoms with E-state index in [2.05, 4.69) is 51.0 Å². The van der Waals surface area contributed by atoms with Gasteiger partial charge in [-0.2, -0.15) is 0 Å². The van der Waals surface area contributed by atoms with E-state index in [1.807, 2.05) is 0 Å². The first kappa shape index (κ1) is 13.6. The maximum atomic E-state index is 4.24. The maximum absolute atomic E-state index is 4.24.